The third-order valence-electron chi connectivity index (χ3n) is 4.35. The predicted molar refractivity (Wildman–Crippen MR) is 109 cm³/mol. The highest BCUT2D eigenvalue weighted by atomic mass is 32.1. The number of carbonyl (C=O) groups is 1. The number of nitrogens with one attached hydrogen (secondary N) is 1. The molecule has 1 unspecified atom stereocenters. The first-order chi connectivity index (χ1) is 13.7. The van der Waals surface area contributed by atoms with E-state index in [0.29, 0.717) is 0 Å². The van der Waals surface area contributed by atoms with Gasteiger partial charge in [0.05, 0.1) is 30.2 Å². The van der Waals surface area contributed by atoms with E-state index >= 15 is 0 Å². The lowest BCUT2D eigenvalue weighted by Gasteiger charge is -2.14. The Hall–Kier alpha value is -3.32. The zero-order valence-corrected chi connectivity index (χ0v) is 16.1. The van der Waals surface area contributed by atoms with E-state index in [1.54, 1.807) is 18.7 Å². The molecule has 28 heavy (non-hydrogen) atoms. The molecule has 1 atom stereocenters. The maximum Gasteiger partial charge on any atom is 0.226 e. The summed E-state index contributed by atoms with van der Waals surface area (Å²) in [7, 11) is 0. The fourth-order valence-corrected chi connectivity index (χ4v) is 3.68. The zero-order valence-electron chi connectivity index (χ0n) is 15.3. The van der Waals surface area contributed by atoms with E-state index < -0.39 is 0 Å². The molecule has 4 rings (SSSR count). The number of nitrogens with zero attached hydrogens (tertiary/aromatic N) is 4. The first kappa shape index (κ1) is 18.1. The highest BCUT2D eigenvalue weighted by Gasteiger charge is 2.13. The first-order valence-corrected chi connectivity index (χ1v) is 9.80. The highest BCUT2D eigenvalue weighted by molar-refractivity contribution is 7.13. The summed E-state index contributed by atoms with van der Waals surface area (Å²) in [5.74, 6) is -0.0518. The first-order valence-electron chi connectivity index (χ1n) is 8.92. The van der Waals surface area contributed by atoms with Crippen molar-refractivity contribution in [2.45, 2.75) is 19.4 Å². The number of amides is 1. The van der Waals surface area contributed by atoms with Crippen LogP contribution >= 0.6 is 11.3 Å². The molecule has 0 fully saturated rings. The van der Waals surface area contributed by atoms with Gasteiger partial charge in [-0.05, 0) is 36.8 Å². The molecule has 3 aromatic heterocycles. The summed E-state index contributed by atoms with van der Waals surface area (Å²) >= 11 is 1.50. The van der Waals surface area contributed by atoms with E-state index in [1.807, 2.05) is 65.5 Å². The second kappa shape index (κ2) is 8.14. The Balaban J connectivity index is 1.36. The Bertz CT molecular complexity index is 1040. The van der Waals surface area contributed by atoms with Gasteiger partial charge in [-0.15, -0.1) is 11.3 Å². The van der Waals surface area contributed by atoms with Gasteiger partial charge in [0.1, 0.15) is 5.01 Å². The molecule has 0 aliphatic heterocycles. The Morgan fingerprint density at radius 2 is 2.04 bits per heavy atom. The molecule has 3 heterocycles. The van der Waals surface area contributed by atoms with Crippen molar-refractivity contribution in [2.24, 2.45) is 0 Å². The molecular formula is C21H19N5OS. The summed E-state index contributed by atoms with van der Waals surface area (Å²) in [6.45, 7) is 1.98. The van der Waals surface area contributed by atoms with Crippen molar-refractivity contribution in [3.63, 3.8) is 0 Å². The molecule has 1 N–H and O–H groups in total. The summed E-state index contributed by atoms with van der Waals surface area (Å²) in [6, 6.07) is 13.7. The number of imidazole rings is 1. The van der Waals surface area contributed by atoms with Crippen LogP contribution in [0.15, 0.2) is 72.8 Å². The van der Waals surface area contributed by atoms with Gasteiger partial charge in [-0.2, -0.15) is 0 Å². The van der Waals surface area contributed by atoms with Gasteiger partial charge in [0, 0.05) is 29.7 Å². The number of carbonyl (C=O) groups excluding carboxylic acids is 1. The number of rotatable bonds is 6. The maximum absolute atomic E-state index is 12.4. The Labute approximate surface area is 166 Å². The summed E-state index contributed by atoms with van der Waals surface area (Å²) < 4.78 is 1.94. The van der Waals surface area contributed by atoms with Crippen LogP contribution in [0.1, 0.15) is 24.2 Å². The molecule has 0 saturated carbocycles. The number of hydrogen-bond acceptors (Lipinski definition) is 5. The van der Waals surface area contributed by atoms with Crippen molar-refractivity contribution < 1.29 is 4.79 Å². The van der Waals surface area contributed by atoms with Crippen LogP contribution in [0.5, 0.6) is 0 Å². The van der Waals surface area contributed by atoms with Crippen LogP contribution in [-0.2, 0) is 11.2 Å². The molecule has 0 saturated heterocycles. The van der Waals surface area contributed by atoms with Crippen LogP contribution in [0.3, 0.4) is 0 Å². The third-order valence-corrected chi connectivity index (χ3v) is 5.26. The Morgan fingerprint density at radius 3 is 2.75 bits per heavy atom. The van der Waals surface area contributed by atoms with Crippen molar-refractivity contribution in [3.05, 3.63) is 84.0 Å². The molecule has 1 amide bonds. The standard InChI is InChI=1S/C21H19N5OS/c1-15(16-5-7-18(8-6-16)26-11-10-22-14-26)24-20(27)12-17-13-28-21(25-17)19-4-2-3-9-23-19/h2-11,13-15H,12H2,1H3,(H,24,27). The summed E-state index contributed by atoms with van der Waals surface area (Å²) in [4.78, 5) is 25.3. The van der Waals surface area contributed by atoms with Gasteiger partial charge in [-0.25, -0.2) is 9.97 Å². The monoisotopic (exact) mass is 389 g/mol. The highest BCUT2D eigenvalue weighted by Crippen LogP contribution is 2.22. The minimum Gasteiger partial charge on any atom is -0.349 e. The molecule has 6 nitrogen and oxygen atoms in total. The average molecular weight is 389 g/mol. The number of pyridine rings is 1. The predicted octanol–water partition coefficient (Wildman–Crippen LogP) is 3.81. The van der Waals surface area contributed by atoms with Gasteiger partial charge in [-0.3, -0.25) is 9.78 Å². The number of hydrogen-bond donors (Lipinski definition) is 1. The molecule has 7 heteroatoms. The molecule has 0 spiro atoms. The minimum atomic E-state index is -0.0850. The van der Waals surface area contributed by atoms with Gasteiger partial charge >= 0.3 is 0 Å². The van der Waals surface area contributed by atoms with Gasteiger partial charge in [-0.1, -0.05) is 18.2 Å². The largest absolute Gasteiger partial charge is 0.349 e. The molecule has 140 valence electrons. The fraction of sp³-hybridized carbons (Fsp3) is 0.143. The molecule has 4 aromatic rings. The van der Waals surface area contributed by atoms with E-state index in [-0.39, 0.29) is 18.4 Å². The smallest absolute Gasteiger partial charge is 0.226 e. The lowest BCUT2D eigenvalue weighted by molar-refractivity contribution is -0.121. The van der Waals surface area contributed by atoms with Crippen LogP contribution in [0.25, 0.3) is 16.4 Å². The lowest BCUT2D eigenvalue weighted by atomic mass is 10.1. The van der Waals surface area contributed by atoms with E-state index in [1.165, 1.54) is 11.3 Å². The summed E-state index contributed by atoms with van der Waals surface area (Å²) in [5.41, 5.74) is 3.66. The van der Waals surface area contributed by atoms with Gasteiger partial charge < -0.3 is 9.88 Å². The fourth-order valence-electron chi connectivity index (χ4n) is 2.88. The molecule has 0 radical (unpaired) electrons. The number of aromatic nitrogens is 4. The van der Waals surface area contributed by atoms with Crippen molar-refractivity contribution in [1.82, 2.24) is 24.8 Å². The van der Waals surface area contributed by atoms with Crippen LogP contribution < -0.4 is 5.32 Å². The van der Waals surface area contributed by atoms with Crippen molar-refractivity contribution in [1.29, 1.82) is 0 Å². The van der Waals surface area contributed by atoms with Crippen LogP contribution in [-0.4, -0.2) is 25.4 Å². The second-order valence-electron chi connectivity index (χ2n) is 6.39. The van der Waals surface area contributed by atoms with Crippen molar-refractivity contribution in [3.8, 4) is 16.4 Å². The molecular weight excluding hydrogens is 370 g/mol. The SMILES string of the molecule is CC(NC(=O)Cc1csc(-c2ccccn2)n1)c1ccc(-n2ccnc2)cc1. The maximum atomic E-state index is 12.4. The molecule has 0 bridgehead atoms. The Kier molecular flexibility index (Phi) is 5.25. The second-order valence-corrected chi connectivity index (χ2v) is 7.24. The van der Waals surface area contributed by atoms with Gasteiger partial charge in [0.15, 0.2) is 0 Å². The third kappa shape index (κ3) is 4.15. The number of thiazole rings is 1. The van der Waals surface area contributed by atoms with E-state index in [0.717, 1.165) is 27.6 Å². The zero-order chi connectivity index (χ0) is 19.3. The van der Waals surface area contributed by atoms with E-state index in [4.69, 9.17) is 0 Å². The molecule has 1 aromatic carbocycles. The molecule has 0 aliphatic rings. The number of benzene rings is 1. The lowest BCUT2D eigenvalue weighted by Crippen LogP contribution is -2.28. The topological polar surface area (TPSA) is 72.7 Å². The van der Waals surface area contributed by atoms with Crippen molar-refractivity contribution in [2.75, 3.05) is 0 Å². The van der Waals surface area contributed by atoms with Crippen LogP contribution in [0.2, 0.25) is 0 Å². The van der Waals surface area contributed by atoms with E-state index in [2.05, 4.69) is 20.3 Å². The van der Waals surface area contributed by atoms with Crippen LogP contribution in [0, 0.1) is 0 Å². The Morgan fingerprint density at radius 1 is 1.18 bits per heavy atom. The summed E-state index contributed by atoms with van der Waals surface area (Å²) in [5, 5.41) is 5.78. The minimum absolute atomic E-state index is 0.0518. The van der Waals surface area contributed by atoms with Gasteiger partial charge in [0.2, 0.25) is 5.91 Å². The normalized spacial score (nSPS) is 11.9. The quantitative estimate of drug-likeness (QED) is 0.544. The summed E-state index contributed by atoms with van der Waals surface area (Å²) in [6.07, 6.45) is 7.39. The van der Waals surface area contributed by atoms with E-state index in [9.17, 15) is 4.79 Å². The molecule has 0 aliphatic carbocycles. The van der Waals surface area contributed by atoms with Gasteiger partial charge in [0.25, 0.3) is 0 Å². The van der Waals surface area contributed by atoms with Crippen LogP contribution in [0.4, 0.5) is 0 Å². The average Bonchev–Trinajstić information content (AvgIpc) is 3.41. The van der Waals surface area contributed by atoms with Crippen molar-refractivity contribution >= 4 is 17.2 Å².